The molecule has 0 unspecified atom stereocenters. The fraction of sp³-hybridized carbons (Fsp3) is 0.389. The van der Waals surface area contributed by atoms with E-state index >= 15 is 0 Å². The molecule has 0 spiro atoms. The first kappa shape index (κ1) is 18.7. The van der Waals surface area contributed by atoms with E-state index in [1.165, 1.54) is 16.8 Å². The SMILES string of the molecule is N#CCC1(n2cc(-c3ncnc4c3ccn4C(=O)O)cn2)CN(S(=O)(=O)C2CC2)C1. The highest BCUT2D eigenvalue weighted by Crippen LogP contribution is 2.40. The molecule has 0 atom stereocenters. The molecule has 12 heteroatoms. The third-order valence-corrected chi connectivity index (χ3v) is 7.98. The third-order valence-electron chi connectivity index (χ3n) is 5.68. The van der Waals surface area contributed by atoms with E-state index in [9.17, 15) is 23.6 Å². The Hall–Kier alpha value is -3.30. The molecule has 5 rings (SSSR count). The van der Waals surface area contributed by atoms with Gasteiger partial charge in [0.15, 0.2) is 5.65 Å². The molecule has 1 aliphatic carbocycles. The van der Waals surface area contributed by atoms with E-state index in [4.69, 9.17) is 0 Å². The quantitative estimate of drug-likeness (QED) is 0.639. The molecule has 30 heavy (non-hydrogen) atoms. The van der Waals surface area contributed by atoms with Crippen LogP contribution in [0.2, 0.25) is 0 Å². The van der Waals surface area contributed by atoms with Crippen molar-refractivity contribution in [3.05, 3.63) is 31.0 Å². The molecule has 4 heterocycles. The summed E-state index contributed by atoms with van der Waals surface area (Å²) in [5.41, 5.74) is 0.678. The lowest BCUT2D eigenvalue weighted by Gasteiger charge is -2.48. The van der Waals surface area contributed by atoms with Gasteiger partial charge in [0.2, 0.25) is 10.0 Å². The lowest BCUT2D eigenvalue weighted by atomic mass is 9.89. The molecule has 1 saturated carbocycles. The minimum absolute atomic E-state index is 0.124. The van der Waals surface area contributed by atoms with Gasteiger partial charge in [0.1, 0.15) is 11.9 Å². The fourth-order valence-electron chi connectivity index (χ4n) is 3.89. The van der Waals surface area contributed by atoms with Crippen LogP contribution < -0.4 is 0 Å². The first-order chi connectivity index (χ1) is 14.4. The summed E-state index contributed by atoms with van der Waals surface area (Å²) in [5.74, 6) is 0. The number of nitriles is 1. The van der Waals surface area contributed by atoms with Gasteiger partial charge in [-0.2, -0.15) is 14.7 Å². The first-order valence-electron chi connectivity index (χ1n) is 9.32. The van der Waals surface area contributed by atoms with Crippen LogP contribution in [0.15, 0.2) is 31.0 Å². The zero-order valence-electron chi connectivity index (χ0n) is 15.7. The minimum atomic E-state index is -3.30. The highest BCUT2D eigenvalue weighted by molar-refractivity contribution is 7.90. The Kier molecular flexibility index (Phi) is 3.96. The number of nitrogens with zero attached hydrogens (tertiary/aromatic N) is 7. The van der Waals surface area contributed by atoms with Crippen LogP contribution in [0.5, 0.6) is 0 Å². The Morgan fingerprint density at radius 3 is 2.77 bits per heavy atom. The summed E-state index contributed by atoms with van der Waals surface area (Å²) in [5, 5.41) is 23.3. The molecular weight excluding hydrogens is 410 g/mol. The maximum absolute atomic E-state index is 12.5. The molecule has 2 aliphatic rings. The molecule has 3 aromatic heterocycles. The van der Waals surface area contributed by atoms with E-state index in [1.807, 2.05) is 0 Å². The molecule has 2 fully saturated rings. The van der Waals surface area contributed by atoms with Gasteiger partial charge in [-0.1, -0.05) is 0 Å². The molecule has 1 N–H and O–H groups in total. The van der Waals surface area contributed by atoms with Gasteiger partial charge in [-0.3, -0.25) is 4.68 Å². The maximum atomic E-state index is 12.5. The summed E-state index contributed by atoms with van der Waals surface area (Å²) in [4.78, 5) is 19.7. The standard InChI is InChI=1S/C18H17N7O4S/c19-5-4-18(9-23(10-18)30(28,29)13-1-2-13)25-8-12(7-22-25)15-14-3-6-24(17(26)27)16(14)21-11-20-15/h3,6-8,11,13H,1-2,4,9-10H2,(H,26,27). The molecule has 0 bridgehead atoms. The van der Waals surface area contributed by atoms with Crippen molar-refractivity contribution in [2.24, 2.45) is 0 Å². The topological polar surface area (TPSA) is 147 Å². The van der Waals surface area contributed by atoms with Crippen LogP contribution in [0.4, 0.5) is 4.79 Å². The number of carbonyl (C=O) groups is 1. The molecule has 154 valence electrons. The number of hydrogen-bond acceptors (Lipinski definition) is 7. The van der Waals surface area contributed by atoms with Crippen LogP contribution in [0.3, 0.4) is 0 Å². The predicted octanol–water partition coefficient (Wildman–Crippen LogP) is 1.24. The Morgan fingerprint density at radius 2 is 2.10 bits per heavy atom. The summed E-state index contributed by atoms with van der Waals surface area (Å²) in [7, 11) is -3.30. The summed E-state index contributed by atoms with van der Waals surface area (Å²) in [6.45, 7) is 0.407. The van der Waals surface area contributed by atoms with Crippen molar-refractivity contribution in [3.8, 4) is 17.3 Å². The van der Waals surface area contributed by atoms with Crippen molar-refractivity contribution < 1.29 is 18.3 Å². The average Bonchev–Trinajstić information content (AvgIpc) is 3.28. The van der Waals surface area contributed by atoms with Crippen LogP contribution in [0, 0.1) is 11.3 Å². The normalized spacial score (nSPS) is 18.8. The summed E-state index contributed by atoms with van der Waals surface area (Å²) in [6.07, 6.45) is 6.34. The van der Waals surface area contributed by atoms with E-state index in [0.717, 1.165) is 4.57 Å². The summed E-state index contributed by atoms with van der Waals surface area (Å²) in [6, 6.07) is 3.76. The number of sulfonamides is 1. The second-order valence-corrected chi connectivity index (χ2v) is 9.89. The van der Waals surface area contributed by atoms with Crippen molar-refractivity contribution >= 4 is 27.1 Å². The molecule has 0 aromatic carbocycles. The van der Waals surface area contributed by atoms with Crippen molar-refractivity contribution in [2.45, 2.75) is 30.1 Å². The molecule has 0 amide bonds. The van der Waals surface area contributed by atoms with Gasteiger partial charge in [-0.25, -0.2) is 27.7 Å². The van der Waals surface area contributed by atoms with Gasteiger partial charge >= 0.3 is 6.09 Å². The Balaban J connectivity index is 1.49. The van der Waals surface area contributed by atoms with Gasteiger partial charge in [-0.15, -0.1) is 0 Å². The van der Waals surface area contributed by atoms with Crippen LogP contribution in [0.1, 0.15) is 19.3 Å². The molecule has 0 radical (unpaired) electrons. The number of hydrogen-bond donors (Lipinski definition) is 1. The first-order valence-corrected chi connectivity index (χ1v) is 10.8. The van der Waals surface area contributed by atoms with Gasteiger partial charge in [-0.05, 0) is 18.9 Å². The Morgan fingerprint density at radius 1 is 1.33 bits per heavy atom. The van der Waals surface area contributed by atoms with Gasteiger partial charge in [0.25, 0.3) is 0 Å². The molecule has 1 aliphatic heterocycles. The van der Waals surface area contributed by atoms with Crippen molar-refractivity contribution in [1.82, 2.24) is 28.6 Å². The molecule has 1 saturated heterocycles. The lowest BCUT2D eigenvalue weighted by Crippen LogP contribution is -2.64. The van der Waals surface area contributed by atoms with Crippen LogP contribution in [0.25, 0.3) is 22.3 Å². The third kappa shape index (κ3) is 2.70. The van der Waals surface area contributed by atoms with E-state index in [0.29, 0.717) is 29.5 Å². The average molecular weight is 427 g/mol. The summed E-state index contributed by atoms with van der Waals surface area (Å²) < 4.78 is 29.0. The van der Waals surface area contributed by atoms with Crippen LogP contribution >= 0.6 is 0 Å². The van der Waals surface area contributed by atoms with Crippen LogP contribution in [-0.2, 0) is 15.6 Å². The Labute approximate surface area is 171 Å². The smallest absolute Gasteiger partial charge is 0.417 e. The molecule has 3 aromatic rings. The van der Waals surface area contributed by atoms with Gasteiger partial charge < -0.3 is 5.11 Å². The largest absolute Gasteiger partial charge is 0.464 e. The monoisotopic (exact) mass is 427 g/mol. The Bertz CT molecular complexity index is 1310. The van der Waals surface area contributed by atoms with Gasteiger partial charge in [0.05, 0.1) is 29.6 Å². The predicted molar refractivity (Wildman–Crippen MR) is 104 cm³/mol. The van der Waals surface area contributed by atoms with E-state index in [1.54, 1.807) is 23.1 Å². The number of aromatic nitrogens is 5. The van der Waals surface area contributed by atoms with Crippen molar-refractivity contribution in [3.63, 3.8) is 0 Å². The number of carboxylic acid groups (broad SMARTS) is 1. The molecule has 11 nitrogen and oxygen atoms in total. The second kappa shape index (κ2) is 6.35. The van der Waals surface area contributed by atoms with E-state index < -0.39 is 21.7 Å². The summed E-state index contributed by atoms with van der Waals surface area (Å²) >= 11 is 0. The van der Waals surface area contributed by atoms with E-state index in [2.05, 4.69) is 21.1 Å². The zero-order chi connectivity index (χ0) is 21.1. The number of rotatable bonds is 5. The highest BCUT2D eigenvalue weighted by atomic mass is 32.2. The minimum Gasteiger partial charge on any atom is -0.464 e. The fourth-order valence-corrected chi connectivity index (χ4v) is 5.89. The second-order valence-electron chi connectivity index (χ2n) is 7.67. The maximum Gasteiger partial charge on any atom is 0.417 e. The van der Waals surface area contributed by atoms with Crippen molar-refractivity contribution in [2.75, 3.05) is 13.1 Å². The van der Waals surface area contributed by atoms with Crippen molar-refractivity contribution in [1.29, 1.82) is 5.26 Å². The number of fused-ring (bicyclic) bond motifs is 1. The molecular formula is C18H17N7O4S. The highest BCUT2D eigenvalue weighted by Gasteiger charge is 2.53. The van der Waals surface area contributed by atoms with Gasteiger partial charge in [0, 0.05) is 36.4 Å². The lowest BCUT2D eigenvalue weighted by molar-refractivity contribution is 0.0716. The van der Waals surface area contributed by atoms with Crippen LogP contribution in [-0.4, -0.2) is 66.6 Å². The van der Waals surface area contributed by atoms with E-state index in [-0.39, 0.29) is 30.4 Å². The zero-order valence-corrected chi connectivity index (χ0v) is 16.5.